The van der Waals surface area contributed by atoms with Gasteiger partial charge in [-0.05, 0) is 37.3 Å². The van der Waals surface area contributed by atoms with Crippen LogP contribution in [0.5, 0.6) is 0 Å². The molecular weight excluding hydrogens is 400 g/mol. The van der Waals surface area contributed by atoms with Gasteiger partial charge in [-0.1, -0.05) is 44.2 Å². The minimum absolute atomic E-state index is 0.140. The van der Waals surface area contributed by atoms with Crippen molar-refractivity contribution in [3.8, 4) is 0 Å². The van der Waals surface area contributed by atoms with Crippen molar-refractivity contribution in [1.29, 1.82) is 0 Å². The Morgan fingerprint density at radius 3 is 2.35 bits per heavy atom. The molecule has 170 valence electrons. The largest absolute Gasteiger partial charge is 0.480 e. The number of rotatable bonds is 11. The molecule has 0 aliphatic carbocycles. The van der Waals surface area contributed by atoms with Crippen LogP contribution in [-0.4, -0.2) is 60.0 Å². The molecule has 3 amide bonds. The third-order valence-corrected chi connectivity index (χ3v) is 5.05. The van der Waals surface area contributed by atoms with E-state index in [9.17, 15) is 19.2 Å². The smallest absolute Gasteiger partial charge is 0.322 e. The molecular formula is C22H32N4O5. The van der Waals surface area contributed by atoms with E-state index in [1.807, 2.05) is 44.2 Å². The molecule has 0 unspecified atom stereocenters. The molecule has 0 aromatic heterocycles. The molecule has 9 nitrogen and oxygen atoms in total. The molecule has 1 heterocycles. The predicted molar refractivity (Wildman–Crippen MR) is 115 cm³/mol. The first kappa shape index (κ1) is 24.3. The van der Waals surface area contributed by atoms with E-state index in [1.165, 1.54) is 0 Å². The van der Waals surface area contributed by atoms with Gasteiger partial charge in [-0.15, -0.1) is 0 Å². The Morgan fingerprint density at radius 2 is 1.77 bits per heavy atom. The summed E-state index contributed by atoms with van der Waals surface area (Å²) in [5.41, 5.74) is 0.817. The van der Waals surface area contributed by atoms with Crippen molar-refractivity contribution in [2.75, 3.05) is 13.1 Å². The molecule has 1 aromatic rings. The van der Waals surface area contributed by atoms with Crippen LogP contribution in [0.25, 0.3) is 0 Å². The van der Waals surface area contributed by atoms with E-state index >= 15 is 0 Å². The molecule has 1 aromatic carbocycles. The zero-order valence-corrected chi connectivity index (χ0v) is 18.0. The van der Waals surface area contributed by atoms with Crippen molar-refractivity contribution in [1.82, 2.24) is 21.3 Å². The lowest BCUT2D eigenvalue weighted by molar-refractivity contribution is -0.138. The highest BCUT2D eigenvalue weighted by molar-refractivity contribution is 5.93. The Hall–Kier alpha value is -2.94. The number of carbonyl (C=O) groups excluding carboxylic acids is 3. The SMILES string of the molecule is CC(C)C[C@H](NC(=O)[C@@H]1CCCN1)C(=O)N[C@@H](Cc1ccccc1)C(=O)NCC(=O)O. The molecule has 9 heteroatoms. The summed E-state index contributed by atoms with van der Waals surface area (Å²) < 4.78 is 0. The Kier molecular flexibility index (Phi) is 9.45. The average molecular weight is 433 g/mol. The van der Waals surface area contributed by atoms with E-state index in [2.05, 4.69) is 21.3 Å². The van der Waals surface area contributed by atoms with E-state index < -0.39 is 36.4 Å². The first-order valence-electron chi connectivity index (χ1n) is 10.6. The van der Waals surface area contributed by atoms with E-state index in [0.717, 1.165) is 24.9 Å². The number of carboxylic acids is 1. The van der Waals surface area contributed by atoms with Crippen molar-refractivity contribution in [3.05, 3.63) is 35.9 Å². The molecule has 1 aliphatic rings. The highest BCUT2D eigenvalue weighted by Gasteiger charge is 2.30. The standard InChI is InChI=1S/C22H32N4O5/c1-14(2)11-17(25-21(30)16-9-6-10-23-16)22(31)26-18(20(29)24-13-19(27)28)12-15-7-4-3-5-8-15/h3-5,7-8,14,16-18,23H,6,9-13H2,1-2H3,(H,24,29)(H,25,30)(H,26,31)(H,27,28)/t16-,17-,18-/m0/s1. The molecule has 3 atom stereocenters. The van der Waals surface area contributed by atoms with Crippen LogP contribution in [0.3, 0.4) is 0 Å². The fraction of sp³-hybridized carbons (Fsp3) is 0.545. The molecule has 0 radical (unpaired) electrons. The Morgan fingerprint density at radius 1 is 1.06 bits per heavy atom. The summed E-state index contributed by atoms with van der Waals surface area (Å²) in [6.07, 6.45) is 2.24. The molecule has 0 saturated carbocycles. The summed E-state index contributed by atoms with van der Waals surface area (Å²) >= 11 is 0. The molecule has 0 spiro atoms. The van der Waals surface area contributed by atoms with Crippen LogP contribution in [0.1, 0.15) is 38.7 Å². The third kappa shape index (κ3) is 8.37. The lowest BCUT2D eigenvalue weighted by Gasteiger charge is -2.25. The summed E-state index contributed by atoms with van der Waals surface area (Å²) in [5, 5.41) is 19.8. The monoisotopic (exact) mass is 432 g/mol. The van der Waals surface area contributed by atoms with Gasteiger partial charge in [-0.3, -0.25) is 19.2 Å². The molecule has 1 saturated heterocycles. The fourth-order valence-corrected chi connectivity index (χ4v) is 3.50. The highest BCUT2D eigenvalue weighted by Crippen LogP contribution is 2.10. The van der Waals surface area contributed by atoms with Crippen molar-refractivity contribution >= 4 is 23.7 Å². The van der Waals surface area contributed by atoms with E-state index in [4.69, 9.17) is 5.11 Å². The number of hydrogen-bond donors (Lipinski definition) is 5. The maximum absolute atomic E-state index is 13.0. The first-order valence-corrected chi connectivity index (χ1v) is 10.6. The molecule has 2 rings (SSSR count). The van der Waals surface area contributed by atoms with Crippen molar-refractivity contribution < 1.29 is 24.3 Å². The summed E-state index contributed by atoms with van der Waals surface area (Å²) in [6, 6.07) is 7.05. The molecule has 0 bridgehead atoms. The van der Waals surface area contributed by atoms with Gasteiger partial charge >= 0.3 is 5.97 Å². The Bertz CT molecular complexity index is 762. The number of hydrogen-bond acceptors (Lipinski definition) is 5. The van der Waals surface area contributed by atoms with Crippen molar-refractivity contribution in [3.63, 3.8) is 0 Å². The second-order valence-corrected chi connectivity index (χ2v) is 8.20. The van der Waals surface area contributed by atoms with Gasteiger partial charge in [0.05, 0.1) is 6.04 Å². The highest BCUT2D eigenvalue weighted by atomic mass is 16.4. The van der Waals surface area contributed by atoms with Gasteiger partial charge in [0.15, 0.2) is 0 Å². The number of benzene rings is 1. The van der Waals surface area contributed by atoms with Gasteiger partial charge in [0, 0.05) is 6.42 Å². The van der Waals surface area contributed by atoms with Gasteiger partial charge in [0.1, 0.15) is 18.6 Å². The normalized spacial score (nSPS) is 17.6. The van der Waals surface area contributed by atoms with Gasteiger partial charge in [-0.25, -0.2) is 0 Å². The van der Waals surface area contributed by atoms with E-state index in [1.54, 1.807) is 0 Å². The van der Waals surface area contributed by atoms with Crippen LogP contribution in [-0.2, 0) is 25.6 Å². The molecule has 1 aliphatic heterocycles. The van der Waals surface area contributed by atoms with Crippen LogP contribution < -0.4 is 21.3 Å². The summed E-state index contributed by atoms with van der Waals surface area (Å²) in [4.78, 5) is 49.0. The van der Waals surface area contributed by atoms with Crippen molar-refractivity contribution in [2.45, 2.75) is 57.7 Å². The van der Waals surface area contributed by atoms with Gasteiger partial charge < -0.3 is 26.4 Å². The molecule has 31 heavy (non-hydrogen) atoms. The second kappa shape index (κ2) is 12.0. The third-order valence-electron chi connectivity index (χ3n) is 5.05. The van der Waals surface area contributed by atoms with Gasteiger partial charge in [-0.2, -0.15) is 0 Å². The lowest BCUT2D eigenvalue weighted by Crippen LogP contribution is -2.56. The Balaban J connectivity index is 2.11. The quantitative estimate of drug-likeness (QED) is 0.339. The number of carbonyl (C=O) groups is 4. The van der Waals surface area contributed by atoms with Gasteiger partial charge in [0.25, 0.3) is 0 Å². The van der Waals surface area contributed by atoms with Crippen LogP contribution in [0.15, 0.2) is 30.3 Å². The van der Waals surface area contributed by atoms with E-state index in [0.29, 0.717) is 6.42 Å². The second-order valence-electron chi connectivity index (χ2n) is 8.20. The Labute approximate surface area is 182 Å². The minimum atomic E-state index is -1.17. The minimum Gasteiger partial charge on any atom is -0.480 e. The molecule has 5 N–H and O–H groups in total. The van der Waals surface area contributed by atoms with Crippen LogP contribution >= 0.6 is 0 Å². The maximum atomic E-state index is 13.0. The summed E-state index contributed by atoms with van der Waals surface area (Å²) in [6.45, 7) is 4.12. The average Bonchev–Trinajstić information content (AvgIpc) is 3.26. The van der Waals surface area contributed by atoms with Crippen LogP contribution in [0.4, 0.5) is 0 Å². The summed E-state index contributed by atoms with van der Waals surface area (Å²) in [7, 11) is 0. The zero-order valence-electron chi connectivity index (χ0n) is 18.0. The topological polar surface area (TPSA) is 137 Å². The molecule has 1 fully saturated rings. The number of amides is 3. The van der Waals surface area contributed by atoms with Crippen LogP contribution in [0, 0.1) is 5.92 Å². The lowest BCUT2D eigenvalue weighted by atomic mass is 10.0. The predicted octanol–water partition coefficient (Wildman–Crippen LogP) is 0.198. The van der Waals surface area contributed by atoms with E-state index in [-0.39, 0.29) is 24.3 Å². The summed E-state index contributed by atoms with van der Waals surface area (Å²) in [5.74, 6) is -2.32. The number of aliphatic carboxylic acids is 1. The van der Waals surface area contributed by atoms with Gasteiger partial charge in [0.2, 0.25) is 17.7 Å². The fourth-order valence-electron chi connectivity index (χ4n) is 3.50. The maximum Gasteiger partial charge on any atom is 0.322 e. The number of carboxylic acid groups (broad SMARTS) is 1. The first-order chi connectivity index (χ1) is 14.8. The van der Waals surface area contributed by atoms with Crippen LogP contribution in [0.2, 0.25) is 0 Å². The van der Waals surface area contributed by atoms with Crippen molar-refractivity contribution in [2.24, 2.45) is 5.92 Å². The zero-order chi connectivity index (χ0) is 22.8. The number of nitrogens with one attached hydrogen (secondary N) is 4.